The van der Waals surface area contributed by atoms with Gasteiger partial charge in [0.1, 0.15) is 31.2 Å². The summed E-state index contributed by atoms with van der Waals surface area (Å²) in [5, 5.41) is 18.7. The van der Waals surface area contributed by atoms with Crippen LogP contribution in [-0.4, -0.2) is 73.2 Å². The van der Waals surface area contributed by atoms with Gasteiger partial charge < -0.3 is 33.5 Å². The number of carbonyl (C=O) groups is 4. The lowest BCUT2D eigenvalue weighted by Crippen LogP contribution is -2.59. The van der Waals surface area contributed by atoms with E-state index in [4.69, 9.17) is 33.5 Å². The highest BCUT2D eigenvalue weighted by molar-refractivity contribution is 5.69. The zero-order valence-electron chi connectivity index (χ0n) is 23.7. The maximum Gasteiger partial charge on any atom is 0.303 e. The standard InChI is InChI=1S/C30H33NO11/c1-17(33)38-16-26-28(39-18(2)34)30(41-20(4)36)29(40-19(3)35)27(42-26)22-7-8-23(15-31)24(14-22)13-21-5-9-25(10-6-21)37-12-11-32/h5-10,14,26-30,32H,11-13,16H2,1-4H3/t26-,27+,28-,29+,30+/m1/s1. The van der Waals surface area contributed by atoms with Crippen LogP contribution in [-0.2, 0) is 49.3 Å². The molecule has 1 heterocycles. The highest BCUT2D eigenvalue weighted by atomic mass is 16.7. The Morgan fingerprint density at radius 1 is 0.857 bits per heavy atom. The molecular weight excluding hydrogens is 550 g/mol. The van der Waals surface area contributed by atoms with Crippen molar-refractivity contribution in [2.75, 3.05) is 19.8 Å². The molecular formula is C30H33NO11. The van der Waals surface area contributed by atoms with E-state index in [9.17, 15) is 24.4 Å². The normalized spacial score (nSPS) is 21.4. The van der Waals surface area contributed by atoms with E-state index in [0.717, 1.165) is 19.4 Å². The number of hydrogen-bond acceptors (Lipinski definition) is 12. The summed E-state index contributed by atoms with van der Waals surface area (Å²) in [4.78, 5) is 47.9. The van der Waals surface area contributed by atoms with Gasteiger partial charge in [-0.25, -0.2) is 0 Å². The molecule has 1 N–H and O–H groups in total. The van der Waals surface area contributed by atoms with E-state index in [-0.39, 0.29) is 19.8 Å². The average molecular weight is 584 g/mol. The van der Waals surface area contributed by atoms with Crippen molar-refractivity contribution < 1.29 is 52.7 Å². The van der Waals surface area contributed by atoms with Crippen LogP contribution in [0.1, 0.15) is 56.1 Å². The molecule has 224 valence electrons. The fourth-order valence-electron chi connectivity index (χ4n) is 4.63. The Bertz CT molecular complexity index is 1320. The summed E-state index contributed by atoms with van der Waals surface area (Å²) < 4.78 is 33.3. The van der Waals surface area contributed by atoms with E-state index in [2.05, 4.69) is 6.07 Å². The van der Waals surface area contributed by atoms with Gasteiger partial charge in [-0.1, -0.05) is 24.3 Å². The van der Waals surface area contributed by atoms with Gasteiger partial charge in [0, 0.05) is 27.7 Å². The van der Waals surface area contributed by atoms with Crippen LogP contribution in [0.4, 0.5) is 0 Å². The summed E-state index contributed by atoms with van der Waals surface area (Å²) in [7, 11) is 0. The molecule has 2 aromatic carbocycles. The summed E-state index contributed by atoms with van der Waals surface area (Å²) in [6.45, 7) is 4.38. The Morgan fingerprint density at radius 3 is 2.05 bits per heavy atom. The average Bonchev–Trinajstić information content (AvgIpc) is 2.93. The van der Waals surface area contributed by atoms with E-state index in [1.54, 1.807) is 30.3 Å². The number of benzene rings is 2. The Morgan fingerprint density at radius 2 is 1.48 bits per heavy atom. The Balaban J connectivity index is 2.05. The molecule has 0 bridgehead atoms. The lowest BCUT2D eigenvalue weighted by molar-refractivity contribution is -0.254. The van der Waals surface area contributed by atoms with Crippen LogP contribution in [0.5, 0.6) is 5.75 Å². The summed E-state index contributed by atoms with van der Waals surface area (Å²) in [5.74, 6) is -2.19. The Labute approximate surface area is 243 Å². The van der Waals surface area contributed by atoms with Gasteiger partial charge >= 0.3 is 23.9 Å². The van der Waals surface area contributed by atoms with E-state index < -0.39 is 54.4 Å². The third-order valence-corrected chi connectivity index (χ3v) is 6.25. The van der Waals surface area contributed by atoms with Gasteiger partial charge in [-0.05, 0) is 41.3 Å². The minimum absolute atomic E-state index is 0.112. The van der Waals surface area contributed by atoms with E-state index >= 15 is 0 Å². The first-order valence-electron chi connectivity index (χ1n) is 13.2. The van der Waals surface area contributed by atoms with Crippen LogP contribution in [0.2, 0.25) is 0 Å². The molecule has 0 aliphatic carbocycles. The number of hydrogen-bond donors (Lipinski definition) is 1. The van der Waals surface area contributed by atoms with Crippen molar-refractivity contribution in [1.29, 1.82) is 5.26 Å². The summed E-state index contributed by atoms with van der Waals surface area (Å²) in [6, 6.07) is 14.3. The quantitative estimate of drug-likeness (QED) is 0.303. The number of nitrogens with zero attached hydrogens (tertiary/aromatic N) is 1. The molecule has 1 saturated heterocycles. The molecule has 12 heteroatoms. The van der Waals surface area contributed by atoms with Crippen molar-refractivity contribution >= 4 is 23.9 Å². The van der Waals surface area contributed by atoms with E-state index in [1.807, 2.05) is 12.1 Å². The predicted octanol–water partition coefficient (Wildman–Crippen LogP) is 2.32. The minimum atomic E-state index is -1.31. The number of esters is 4. The van der Waals surface area contributed by atoms with Crippen LogP contribution < -0.4 is 4.74 Å². The number of aliphatic hydroxyl groups excluding tert-OH is 1. The van der Waals surface area contributed by atoms with E-state index in [0.29, 0.717) is 28.9 Å². The van der Waals surface area contributed by atoms with Gasteiger partial charge in [0.15, 0.2) is 18.3 Å². The molecule has 0 amide bonds. The molecule has 5 atom stereocenters. The second-order valence-electron chi connectivity index (χ2n) is 9.54. The highest BCUT2D eigenvalue weighted by Gasteiger charge is 2.52. The lowest BCUT2D eigenvalue weighted by Gasteiger charge is -2.44. The molecule has 3 rings (SSSR count). The van der Waals surface area contributed by atoms with Crippen LogP contribution in [0, 0.1) is 11.3 Å². The van der Waals surface area contributed by atoms with Crippen LogP contribution in [0.15, 0.2) is 42.5 Å². The van der Waals surface area contributed by atoms with Crippen molar-refractivity contribution in [3.8, 4) is 11.8 Å². The van der Waals surface area contributed by atoms with Gasteiger partial charge in [-0.15, -0.1) is 0 Å². The fourth-order valence-corrected chi connectivity index (χ4v) is 4.63. The largest absolute Gasteiger partial charge is 0.491 e. The fraction of sp³-hybridized carbons (Fsp3) is 0.433. The van der Waals surface area contributed by atoms with Crippen molar-refractivity contribution in [3.05, 3.63) is 64.7 Å². The summed E-state index contributed by atoms with van der Waals surface area (Å²) >= 11 is 0. The van der Waals surface area contributed by atoms with Crippen LogP contribution >= 0.6 is 0 Å². The number of aliphatic hydroxyl groups is 1. The van der Waals surface area contributed by atoms with Gasteiger partial charge in [0.25, 0.3) is 0 Å². The summed E-state index contributed by atoms with van der Waals surface area (Å²) in [6.07, 6.45) is -5.64. The molecule has 0 spiro atoms. The van der Waals surface area contributed by atoms with Gasteiger partial charge in [-0.2, -0.15) is 5.26 Å². The molecule has 0 radical (unpaired) electrons. The van der Waals surface area contributed by atoms with Crippen LogP contribution in [0.25, 0.3) is 0 Å². The number of rotatable bonds is 11. The molecule has 2 aromatic rings. The van der Waals surface area contributed by atoms with Crippen molar-refractivity contribution in [1.82, 2.24) is 0 Å². The Hall–Kier alpha value is -4.47. The maximum atomic E-state index is 12.2. The third-order valence-electron chi connectivity index (χ3n) is 6.25. The minimum Gasteiger partial charge on any atom is -0.491 e. The smallest absolute Gasteiger partial charge is 0.303 e. The third kappa shape index (κ3) is 8.76. The molecule has 42 heavy (non-hydrogen) atoms. The van der Waals surface area contributed by atoms with Crippen molar-refractivity contribution in [3.63, 3.8) is 0 Å². The zero-order chi connectivity index (χ0) is 30.8. The second kappa shape index (κ2) is 15.0. The number of ether oxygens (including phenoxy) is 6. The first kappa shape index (κ1) is 32.0. The molecule has 1 aliphatic rings. The van der Waals surface area contributed by atoms with Gasteiger partial charge in [0.2, 0.25) is 0 Å². The van der Waals surface area contributed by atoms with E-state index in [1.165, 1.54) is 13.8 Å². The van der Waals surface area contributed by atoms with Gasteiger partial charge in [0.05, 0.1) is 18.2 Å². The summed E-state index contributed by atoms with van der Waals surface area (Å²) in [5.41, 5.74) is 2.36. The number of nitriles is 1. The maximum absolute atomic E-state index is 12.2. The zero-order valence-corrected chi connectivity index (χ0v) is 23.7. The number of carbonyl (C=O) groups excluding carboxylic acids is 4. The van der Waals surface area contributed by atoms with Gasteiger partial charge in [-0.3, -0.25) is 19.2 Å². The first-order chi connectivity index (χ1) is 20.0. The molecule has 1 aliphatic heterocycles. The monoisotopic (exact) mass is 583 g/mol. The lowest BCUT2D eigenvalue weighted by atomic mass is 9.88. The molecule has 0 aromatic heterocycles. The van der Waals surface area contributed by atoms with Crippen LogP contribution in [0.3, 0.4) is 0 Å². The highest BCUT2D eigenvalue weighted by Crippen LogP contribution is 2.38. The molecule has 0 unspecified atom stereocenters. The molecule has 0 saturated carbocycles. The molecule has 1 fully saturated rings. The molecule has 12 nitrogen and oxygen atoms in total. The second-order valence-corrected chi connectivity index (χ2v) is 9.54. The van der Waals surface area contributed by atoms with Crippen molar-refractivity contribution in [2.24, 2.45) is 0 Å². The Kier molecular flexibility index (Phi) is 11.4. The van der Waals surface area contributed by atoms with Crippen molar-refractivity contribution in [2.45, 2.75) is 64.6 Å². The predicted molar refractivity (Wildman–Crippen MR) is 144 cm³/mol. The topological polar surface area (TPSA) is 168 Å². The SMILES string of the molecule is CC(=O)OC[C@H]1O[C@@H](c2ccc(C#N)c(Cc3ccc(OCCO)cc3)c2)[C@H](OC(C)=O)[C@@H](OC(C)=O)[C@@H]1OC(C)=O. The first-order valence-corrected chi connectivity index (χ1v) is 13.2.